The van der Waals surface area contributed by atoms with Gasteiger partial charge in [-0.25, -0.2) is 4.79 Å². The maximum atomic E-state index is 12.5. The number of hydrogen-bond donors (Lipinski definition) is 2. The fraction of sp³-hybridized carbons (Fsp3) is 0.381. The molecule has 0 saturated heterocycles. The lowest BCUT2D eigenvalue weighted by molar-refractivity contribution is -0.116. The van der Waals surface area contributed by atoms with Gasteiger partial charge in [-0.05, 0) is 42.6 Å². The van der Waals surface area contributed by atoms with Crippen LogP contribution in [0.15, 0.2) is 30.3 Å². The van der Waals surface area contributed by atoms with Gasteiger partial charge in [-0.1, -0.05) is 30.3 Å². The fourth-order valence-corrected chi connectivity index (χ4v) is 5.45. The Bertz CT molecular complexity index is 880. The normalized spacial score (nSPS) is 12.3. The highest BCUT2D eigenvalue weighted by Gasteiger charge is 2.28. The molecular formula is C21H24N2O4S2. The second-order valence-corrected chi connectivity index (χ2v) is 8.91. The molecule has 0 atom stereocenters. The second-order valence-electron chi connectivity index (χ2n) is 6.70. The summed E-state index contributed by atoms with van der Waals surface area (Å²) >= 11 is 3.23. The minimum Gasteiger partial charge on any atom is -0.453 e. The van der Waals surface area contributed by atoms with E-state index >= 15 is 0 Å². The summed E-state index contributed by atoms with van der Waals surface area (Å²) in [5.41, 5.74) is 2.61. The van der Waals surface area contributed by atoms with Crippen LogP contribution in [0.4, 0.5) is 9.80 Å². The summed E-state index contributed by atoms with van der Waals surface area (Å²) in [7, 11) is 1.21. The number of ether oxygens (including phenoxy) is 1. The number of thioether (sulfide) groups is 1. The van der Waals surface area contributed by atoms with Crippen molar-refractivity contribution in [3.05, 3.63) is 51.9 Å². The van der Waals surface area contributed by atoms with Crippen LogP contribution in [-0.2, 0) is 28.1 Å². The lowest BCUT2D eigenvalue weighted by Crippen LogP contribution is -2.31. The Balaban J connectivity index is 1.52. The second kappa shape index (κ2) is 10.5. The summed E-state index contributed by atoms with van der Waals surface area (Å²) in [5, 5.41) is 5.61. The van der Waals surface area contributed by atoms with Gasteiger partial charge in [-0.3, -0.25) is 14.9 Å². The van der Waals surface area contributed by atoms with Crippen LogP contribution in [-0.4, -0.2) is 30.8 Å². The van der Waals surface area contributed by atoms with Gasteiger partial charge in [-0.15, -0.1) is 11.3 Å². The number of nitrogens with one attached hydrogen (secondary N) is 2. The van der Waals surface area contributed by atoms with Crippen molar-refractivity contribution >= 4 is 46.0 Å². The van der Waals surface area contributed by atoms with Crippen molar-refractivity contribution in [1.82, 2.24) is 5.32 Å². The van der Waals surface area contributed by atoms with E-state index in [4.69, 9.17) is 0 Å². The Morgan fingerprint density at radius 3 is 2.72 bits per heavy atom. The van der Waals surface area contributed by atoms with E-state index < -0.39 is 12.0 Å². The first-order chi connectivity index (χ1) is 14.1. The molecule has 29 heavy (non-hydrogen) atoms. The van der Waals surface area contributed by atoms with E-state index in [0.717, 1.165) is 47.6 Å². The molecule has 1 aromatic carbocycles. The maximum absolute atomic E-state index is 12.5. The zero-order valence-corrected chi connectivity index (χ0v) is 17.9. The van der Waals surface area contributed by atoms with E-state index in [1.807, 2.05) is 18.2 Å². The number of anilines is 1. The number of fused-ring (bicyclic) bond motifs is 1. The number of imide groups is 1. The number of benzene rings is 1. The molecule has 154 valence electrons. The van der Waals surface area contributed by atoms with Gasteiger partial charge >= 0.3 is 6.09 Å². The Hall–Kier alpha value is -2.32. The van der Waals surface area contributed by atoms with Crippen molar-refractivity contribution in [3.63, 3.8) is 0 Å². The van der Waals surface area contributed by atoms with E-state index in [2.05, 4.69) is 27.5 Å². The zero-order chi connectivity index (χ0) is 20.6. The molecule has 0 fully saturated rings. The number of hydrogen-bond acceptors (Lipinski definition) is 6. The van der Waals surface area contributed by atoms with Crippen molar-refractivity contribution in [1.29, 1.82) is 0 Å². The lowest BCUT2D eigenvalue weighted by atomic mass is 10.1. The molecular weight excluding hydrogens is 408 g/mol. The number of carbonyl (C=O) groups excluding carboxylic acids is 3. The first-order valence-electron chi connectivity index (χ1n) is 9.54. The van der Waals surface area contributed by atoms with Crippen molar-refractivity contribution < 1.29 is 19.1 Å². The van der Waals surface area contributed by atoms with E-state index in [-0.39, 0.29) is 5.91 Å². The van der Waals surface area contributed by atoms with Gasteiger partial charge in [0.25, 0.3) is 5.91 Å². The predicted octanol–water partition coefficient (Wildman–Crippen LogP) is 4.39. The molecule has 6 nitrogen and oxygen atoms in total. The van der Waals surface area contributed by atoms with Gasteiger partial charge < -0.3 is 10.1 Å². The standard InChI is InChI=1S/C21H24N2O4S2/c1-27-21(26)23-19(25)18-15-9-5-10-16(15)29-20(18)22-17(24)11-6-12-28-13-14-7-3-2-4-8-14/h2-4,7-8H,5-6,9-13H2,1H3,(H,22,24)(H,23,25,26). The summed E-state index contributed by atoms with van der Waals surface area (Å²) in [6, 6.07) is 10.2. The van der Waals surface area contributed by atoms with Crippen LogP contribution >= 0.6 is 23.1 Å². The molecule has 0 unspecified atom stereocenters. The molecule has 1 aromatic heterocycles. The summed E-state index contributed by atoms with van der Waals surface area (Å²) < 4.78 is 4.51. The SMILES string of the molecule is COC(=O)NC(=O)c1c(NC(=O)CCCSCc2ccccc2)sc2c1CCC2. The van der Waals surface area contributed by atoms with Crippen LogP contribution in [0, 0.1) is 0 Å². The van der Waals surface area contributed by atoms with Crippen molar-refractivity contribution in [2.24, 2.45) is 0 Å². The quantitative estimate of drug-likeness (QED) is 0.605. The third kappa shape index (κ3) is 5.83. The van der Waals surface area contributed by atoms with E-state index in [0.29, 0.717) is 17.0 Å². The van der Waals surface area contributed by atoms with Gasteiger partial charge in [0.2, 0.25) is 5.91 Å². The lowest BCUT2D eigenvalue weighted by Gasteiger charge is -2.08. The minimum atomic E-state index is -0.805. The number of aryl methyl sites for hydroxylation is 1. The molecule has 0 bridgehead atoms. The highest BCUT2D eigenvalue weighted by Crippen LogP contribution is 2.39. The third-order valence-electron chi connectivity index (χ3n) is 4.61. The molecule has 1 heterocycles. The Morgan fingerprint density at radius 1 is 1.17 bits per heavy atom. The van der Waals surface area contributed by atoms with Crippen molar-refractivity contribution in [3.8, 4) is 0 Å². The van der Waals surface area contributed by atoms with Crippen molar-refractivity contribution in [2.45, 2.75) is 37.9 Å². The summed E-state index contributed by atoms with van der Waals surface area (Å²) in [5.74, 6) is 1.18. The smallest absolute Gasteiger partial charge is 0.413 e. The topological polar surface area (TPSA) is 84.5 Å². The van der Waals surface area contributed by atoms with Gasteiger partial charge in [0, 0.05) is 17.1 Å². The van der Waals surface area contributed by atoms with Crippen LogP contribution in [0.25, 0.3) is 0 Å². The molecule has 0 radical (unpaired) electrons. The number of amides is 3. The summed E-state index contributed by atoms with van der Waals surface area (Å²) in [4.78, 5) is 37.4. The molecule has 2 aromatic rings. The molecule has 3 rings (SSSR count). The largest absolute Gasteiger partial charge is 0.453 e. The third-order valence-corrected chi connectivity index (χ3v) is 6.93. The van der Waals surface area contributed by atoms with Crippen molar-refractivity contribution in [2.75, 3.05) is 18.2 Å². The molecule has 0 saturated carbocycles. The highest BCUT2D eigenvalue weighted by molar-refractivity contribution is 7.98. The molecule has 0 aliphatic heterocycles. The first kappa shape index (κ1) is 21.4. The first-order valence-corrected chi connectivity index (χ1v) is 11.5. The van der Waals surface area contributed by atoms with Crippen LogP contribution in [0.1, 0.15) is 45.6 Å². The number of rotatable bonds is 8. The van der Waals surface area contributed by atoms with Gasteiger partial charge in [0.1, 0.15) is 5.00 Å². The average molecular weight is 433 g/mol. The molecule has 1 aliphatic rings. The molecule has 8 heteroatoms. The fourth-order valence-electron chi connectivity index (χ4n) is 3.23. The highest BCUT2D eigenvalue weighted by atomic mass is 32.2. The monoisotopic (exact) mass is 432 g/mol. The van der Waals surface area contributed by atoms with E-state index in [9.17, 15) is 14.4 Å². The zero-order valence-electron chi connectivity index (χ0n) is 16.3. The number of thiophene rings is 1. The molecule has 2 N–H and O–H groups in total. The number of alkyl carbamates (subject to hydrolysis) is 1. The maximum Gasteiger partial charge on any atom is 0.413 e. The van der Waals surface area contributed by atoms with Crippen LogP contribution in [0.5, 0.6) is 0 Å². The predicted molar refractivity (Wildman–Crippen MR) is 117 cm³/mol. The van der Waals surface area contributed by atoms with E-state index in [1.54, 1.807) is 11.8 Å². The van der Waals surface area contributed by atoms with Gasteiger partial charge in [0.15, 0.2) is 0 Å². The van der Waals surface area contributed by atoms with Gasteiger partial charge in [-0.2, -0.15) is 11.8 Å². The van der Waals surface area contributed by atoms with Crippen LogP contribution < -0.4 is 10.6 Å². The average Bonchev–Trinajstić information content (AvgIpc) is 3.29. The molecule has 1 aliphatic carbocycles. The summed E-state index contributed by atoms with van der Waals surface area (Å²) in [6.45, 7) is 0. The van der Waals surface area contributed by atoms with E-state index in [1.165, 1.54) is 24.0 Å². The molecule has 3 amide bonds. The van der Waals surface area contributed by atoms with Crippen LogP contribution in [0.2, 0.25) is 0 Å². The Labute approximate surface area is 178 Å². The number of methoxy groups -OCH3 is 1. The molecule has 0 spiro atoms. The Kier molecular flexibility index (Phi) is 7.71. The minimum absolute atomic E-state index is 0.114. The van der Waals surface area contributed by atoms with Crippen LogP contribution in [0.3, 0.4) is 0 Å². The summed E-state index contributed by atoms with van der Waals surface area (Å²) in [6.07, 6.45) is 3.00. The van der Waals surface area contributed by atoms with Gasteiger partial charge in [0.05, 0.1) is 12.7 Å². The number of carbonyl (C=O) groups is 3. The Morgan fingerprint density at radius 2 is 1.97 bits per heavy atom.